The van der Waals surface area contributed by atoms with E-state index in [9.17, 15) is 5.11 Å². The van der Waals surface area contributed by atoms with Crippen molar-refractivity contribution in [3.63, 3.8) is 0 Å². The van der Waals surface area contributed by atoms with E-state index >= 15 is 0 Å². The van der Waals surface area contributed by atoms with Crippen LogP contribution in [0.5, 0.6) is 0 Å². The maximum absolute atomic E-state index is 9.47. The van der Waals surface area contributed by atoms with Gasteiger partial charge in [0.1, 0.15) is 0 Å². The van der Waals surface area contributed by atoms with Gasteiger partial charge in [-0.1, -0.05) is 13.3 Å². The first-order valence-electron chi connectivity index (χ1n) is 4.04. The zero-order valence-electron chi connectivity index (χ0n) is 6.51. The molecule has 0 aliphatic heterocycles. The van der Waals surface area contributed by atoms with E-state index in [0.717, 1.165) is 25.7 Å². The van der Waals surface area contributed by atoms with Crippen molar-refractivity contribution in [2.75, 3.05) is 6.61 Å². The van der Waals surface area contributed by atoms with E-state index in [1.54, 1.807) is 0 Å². The monoisotopic (exact) mass is 144 g/mol. The van der Waals surface area contributed by atoms with Gasteiger partial charge in [-0.05, 0) is 19.3 Å². The Morgan fingerprint density at radius 1 is 1.50 bits per heavy atom. The van der Waals surface area contributed by atoms with E-state index in [0.29, 0.717) is 0 Å². The van der Waals surface area contributed by atoms with Gasteiger partial charge >= 0.3 is 0 Å². The van der Waals surface area contributed by atoms with E-state index in [2.05, 4.69) is 0 Å². The Bertz CT molecular complexity index is 102. The maximum Gasteiger partial charge on any atom is 0.0615 e. The fourth-order valence-electron chi connectivity index (χ4n) is 1.66. The number of rotatable bonds is 3. The highest BCUT2D eigenvalue weighted by Crippen LogP contribution is 2.44. The lowest BCUT2D eigenvalue weighted by molar-refractivity contribution is -0.0721. The fraction of sp³-hybridized carbons (Fsp3) is 1.00. The third-order valence-corrected chi connectivity index (χ3v) is 2.76. The van der Waals surface area contributed by atoms with Gasteiger partial charge in [0.2, 0.25) is 0 Å². The number of aliphatic hydroxyl groups excluding tert-OH is 2. The molecule has 0 saturated heterocycles. The number of hydrogen-bond donors (Lipinski definition) is 2. The number of hydrogen-bond acceptors (Lipinski definition) is 2. The Kier molecular flexibility index (Phi) is 2.32. The van der Waals surface area contributed by atoms with Gasteiger partial charge in [0.05, 0.1) is 12.7 Å². The minimum atomic E-state index is -0.286. The van der Waals surface area contributed by atoms with Crippen LogP contribution in [0.4, 0.5) is 0 Å². The molecule has 0 heterocycles. The quantitative estimate of drug-likeness (QED) is 0.618. The van der Waals surface area contributed by atoms with E-state index in [1.807, 2.05) is 6.92 Å². The summed E-state index contributed by atoms with van der Waals surface area (Å²) in [5.41, 5.74) is -0.116. The number of aliphatic hydroxyl groups is 2. The SMILES string of the molecule is CCC(O)C1(CO)CCC1. The normalized spacial score (nSPS) is 25.5. The van der Waals surface area contributed by atoms with E-state index in [4.69, 9.17) is 5.11 Å². The molecule has 60 valence electrons. The molecule has 0 bridgehead atoms. The molecule has 1 atom stereocenters. The Hall–Kier alpha value is -0.0800. The highest BCUT2D eigenvalue weighted by molar-refractivity contribution is 4.92. The van der Waals surface area contributed by atoms with E-state index < -0.39 is 0 Å². The van der Waals surface area contributed by atoms with Crippen molar-refractivity contribution in [1.82, 2.24) is 0 Å². The minimum absolute atomic E-state index is 0.116. The van der Waals surface area contributed by atoms with Crippen LogP contribution in [0, 0.1) is 5.41 Å². The molecule has 0 radical (unpaired) electrons. The Morgan fingerprint density at radius 2 is 2.10 bits per heavy atom. The molecule has 1 saturated carbocycles. The third kappa shape index (κ3) is 1.06. The van der Waals surface area contributed by atoms with Crippen molar-refractivity contribution < 1.29 is 10.2 Å². The van der Waals surface area contributed by atoms with Crippen LogP contribution >= 0.6 is 0 Å². The summed E-state index contributed by atoms with van der Waals surface area (Å²) in [6.07, 6.45) is 3.64. The summed E-state index contributed by atoms with van der Waals surface area (Å²) in [4.78, 5) is 0. The molecule has 0 aromatic heterocycles. The van der Waals surface area contributed by atoms with E-state index in [1.165, 1.54) is 0 Å². The van der Waals surface area contributed by atoms with Crippen LogP contribution in [0.2, 0.25) is 0 Å². The molecule has 0 amide bonds. The van der Waals surface area contributed by atoms with Crippen LogP contribution in [0.15, 0.2) is 0 Å². The minimum Gasteiger partial charge on any atom is -0.396 e. The summed E-state index contributed by atoms with van der Waals surface area (Å²) < 4.78 is 0. The summed E-state index contributed by atoms with van der Waals surface area (Å²) in [6.45, 7) is 2.11. The molecule has 10 heavy (non-hydrogen) atoms. The van der Waals surface area contributed by atoms with Crippen LogP contribution in [0.1, 0.15) is 32.6 Å². The van der Waals surface area contributed by atoms with Crippen LogP contribution < -0.4 is 0 Å². The zero-order valence-corrected chi connectivity index (χ0v) is 6.51. The van der Waals surface area contributed by atoms with Crippen molar-refractivity contribution in [2.45, 2.75) is 38.7 Å². The second kappa shape index (κ2) is 2.89. The Balaban J connectivity index is 2.46. The van der Waals surface area contributed by atoms with Gasteiger partial charge in [-0.15, -0.1) is 0 Å². The van der Waals surface area contributed by atoms with Gasteiger partial charge in [-0.25, -0.2) is 0 Å². The lowest BCUT2D eigenvalue weighted by Crippen LogP contribution is -2.44. The molecule has 0 spiro atoms. The average Bonchev–Trinajstić information content (AvgIpc) is 1.86. The molecule has 1 unspecified atom stereocenters. The van der Waals surface area contributed by atoms with Gasteiger partial charge in [0, 0.05) is 5.41 Å². The zero-order chi connectivity index (χ0) is 7.61. The van der Waals surface area contributed by atoms with Crippen molar-refractivity contribution in [3.05, 3.63) is 0 Å². The Labute approximate surface area is 61.9 Å². The second-order valence-corrected chi connectivity index (χ2v) is 3.30. The van der Waals surface area contributed by atoms with Crippen molar-refractivity contribution in [1.29, 1.82) is 0 Å². The molecule has 1 fully saturated rings. The van der Waals surface area contributed by atoms with Crippen LogP contribution in [-0.4, -0.2) is 22.9 Å². The first-order valence-corrected chi connectivity index (χ1v) is 4.04. The fourth-order valence-corrected chi connectivity index (χ4v) is 1.66. The van der Waals surface area contributed by atoms with Crippen LogP contribution in [-0.2, 0) is 0 Å². The standard InChI is InChI=1S/C8H16O2/c1-2-7(10)8(6-9)4-3-5-8/h7,9-10H,2-6H2,1H3. The third-order valence-electron chi connectivity index (χ3n) is 2.76. The molecule has 2 N–H and O–H groups in total. The van der Waals surface area contributed by atoms with Crippen molar-refractivity contribution in [2.24, 2.45) is 5.41 Å². The van der Waals surface area contributed by atoms with Crippen molar-refractivity contribution in [3.8, 4) is 0 Å². The van der Waals surface area contributed by atoms with Gasteiger partial charge < -0.3 is 10.2 Å². The van der Waals surface area contributed by atoms with Gasteiger partial charge in [-0.3, -0.25) is 0 Å². The predicted octanol–water partition coefficient (Wildman–Crippen LogP) is 0.920. The largest absolute Gasteiger partial charge is 0.396 e. The second-order valence-electron chi connectivity index (χ2n) is 3.30. The van der Waals surface area contributed by atoms with Gasteiger partial charge in [0.25, 0.3) is 0 Å². The maximum atomic E-state index is 9.47. The molecule has 0 aromatic carbocycles. The summed E-state index contributed by atoms with van der Waals surface area (Å²) in [7, 11) is 0. The molecule has 0 aromatic rings. The summed E-state index contributed by atoms with van der Waals surface area (Å²) in [5, 5.41) is 18.4. The molecule has 1 rings (SSSR count). The molecular formula is C8H16O2. The topological polar surface area (TPSA) is 40.5 Å². The lowest BCUT2D eigenvalue weighted by atomic mass is 9.65. The van der Waals surface area contributed by atoms with Crippen LogP contribution in [0.25, 0.3) is 0 Å². The van der Waals surface area contributed by atoms with Crippen LogP contribution in [0.3, 0.4) is 0 Å². The molecule has 1 aliphatic carbocycles. The highest BCUT2D eigenvalue weighted by atomic mass is 16.3. The molecule has 2 nitrogen and oxygen atoms in total. The van der Waals surface area contributed by atoms with Gasteiger partial charge in [-0.2, -0.15) is 0 Å². The summed E-state index contributed by atoms with van der Waals surface area (Å²) >= 11 is 0. The van der Waals surface area contributed by atoms with Crippen molar-refractivity contribution >= 4 is 0 Å². The molecule has 2 heteroatoms. The Morgan fingerprint density at radius 3 is 2.20 bits per heavy atom. The summed E-state index contributed by atoms with van der Waals surface area (Å²) in [6, 6.07) is 0. The predicted molar refractivity (Wildman–Crippen MR) is 39.7 cm³/mol. The molecule has 1 aliphatic rings. The lowest BCUT2D eigenvalue weighted by Gasteiger charge is -2.43. The first kappa shape index (κ1) is 8.02. The first-order chi connectivity index (χ1) is 4.75. The smallest absolute Gasteiger partial charge is 0.0615 e. The van der Waals surface area contributed by atoms with E-state index in [-0.39, 0.29) is 18.1 Å². The van der Waals surface area contributed by atoms with Gasteiger partial charge in [0.15, 0.2) is 0 Å². The summed E-state index contributed by atoms with van der Waals surface area (Å²) in [5.74, 6) is 0. The highest BCUT2D eigenvalue weighted by Gasteiger charge is 2.41. The average molecular weight is 144 g/mol. The molecular weight excluding hydrogens is 128 g/mol.